The third kappa shape index (κ3) is 1.32. The monoisotopic (exact) mass is 179 g/mol. The number of carbonyl (C=O) groups excluding carboxylic acids is 1. The van der Waals surface area contributed by atoms with Gasteiger partial charge in [0.2, 0.25) is 5.91 Å². The van der Waals surface area contributed by atoms with Crippen LogP contribution in [0.15, 0.2) is 12.3 Å². The summed E-state index contributed by atoms with van der Waals surface area (Å²) < 4.78 is 1.77. The number of nitrogens with zero attached hydrogens (tertiary/aromatic N) is 3. The van der Waals surface area contributed by atoms with Crippen molar-refractivity contribution in [2.75, 3.05) is 13.6 Å². The molecule has 1 aromatic rings. The van der Waals surface area contributed by atoms with E-state index in [1.165, 1.54) is 0 Å². The van der Waals surface area contributed by atoms with Crippen molar-refractivity contribution in [1.29, 1.82) is 0 Å². The van der Waals surface area contributed by atoms with Crippen LogP contribution < -0.4 is 0 Å². The van der Waals surface area contributed by atoms with Gasteiger partial charge >= 0.3 is 0 Å². The summed E-state index contributed by atoms with van der Waals surface area (Å²) in [5, 5.41) is 4.25. The third-order valence-electron chi connectivity index (χ3n) is 2.46. The van der Waals surface area contributed by atoms with Crippen molar-refractivity contribution in [3.05, 3.63) is 18.0 Å². The van der Waals surface area contributed by atoms with E-state index in [0.717, 1.165) is 18.7 Å². The van der Waals surface area contributed by atoms with Gasteiger partial charge in [-0.2, -0.15) is 5.10 Å². The van der Waals surface area contributed by atoms with Crippen molar-refractivity contribution >= 4 is 5.91 Å². The van der Waals surface area contributed by atoms with Crippen molar-refractivity contribution < 1.29 is 4.79 Å². The minimum absolute atomic E-state index is 0.0706. The lowest BCUT2D eigenvalue weighted by Gasteiger charge is -2.10. The Labute approximate surface area is 77.1 Å². The molecule has 0 spiro atoms. The summed E-state index contributed by atoms with van der Waals surface area (Å²) in [6, 6.07) is 1.85. The molecule has 0 aromatic carbocycles. The molecule has 13 heavy (non-hydrogen) atoms. The van der Waals surface area contributed by atoms with Crippen LogP contribution >= 0.6 is 0 Å². The lowest BCUT2D eigenvalue weighted by atomic mass is 10.2. The molecule has 4 nitrogen and oxygen atoms in total. The first-order valence-corrected chi connectivity index (χ1v) is 4.45. The fourth-order valence-electron chi connectivity index (χ4n) is 1.66. The fourth-order valence-corrected chi connectivity index (χ4v) is 1.66. The van der Waals surface area contributed by atoms with Gasteiger partial charge in [0.05, 0.1) is 5.69 Å². The molecule has 2 rings (SSSR count). The third-order valence-corrected chi connectivity index (χ3v) is 2.46. The summed E-state index contributed by atoms with van der Waals surface area (Å²) >= 11 is 0. The van der Waals surface area contributed by atoms with Gasteiger partial charge in [-0.25, -0.2) is 0 Å². The molecule has 0 aliphatic carbocycles. The summed E-state index contributed by atoms with van der Waals surface area (Å²) in [6.45, 7) is 2.77. The fraction of sp³-hybridized carbons (Fsp3) is 0.556. The number of hydrogen-bond acceptors (Lipinski definition) is 2. The maximum atomic E-state index is 11.6. The summed E-state index contributed by atoms with van der Waals surface area (Å²) in [6.07, 6.45) is 2.74. The van der Waals surface area contributed by atoms with Crippen LogP contribution in [-0.2, 0) is 4.79 Å². The number of aryl methyl sites for hydroxylation is 1. The van der Waals surface area contributed by atoms with E-state index < -0.39 is 0 Å². The highest BCUT2D eigenvalue weighted by atomic mass is 16.2. The first kappa shape index (κ1) is 8.29. The molecule has 1 unspecified atom stereocenters. The van der Waals surface area contributed by atoms with E-state index in [1.807, 2.05) is 26.2 Å². The number of amides is 1. The quantitative estimate of drug-likeness (QED) is 0.633. The van der Waals surface area contributed by atoms with E-state index in [9.17, 15) is 4.79 Å². The molecule has 0 bridgehead atoms. The Morgan fingerprint density at radius 3 is 2.85 bits per heavy atom. The number of likely N-dealkylation sites (N-methyl/N-ethyl adjacent to an activating group) is 1. The summed E-state index contributed by atoms with van der Waals surface area (Å²) in [4.78, 5) is 13.3. The lowest BCUT2D eigenvalue weighted by molar-refractivity contribution is -0.129. The summed E-state index contributed by atoms with van der Waals surface area (Å²) in [7, 11) is 1.83. The van der Waals surface area contributed by atoms with Crippen molar-refractivity contribution in [2.45, 2.75) is 19.4 Å². The van der Waals surface area contributed by atoms with E-state index in [1.54, 1.807) is 9.58 Å². The van der Waals surface area contributed by atoms with Crippen LogP contribution in [0.3, 0.4) is 0 Å². The van der Waals surface area contributed by atoms with Crippen molar-refractivity contribution in [1.82, 2.24) is 14.7 Å². The van der Waals surface area contributed by atoms with Gasteiger partial charge in [-0.15, -0.1) is 0 Å². The molecule has 0 saturated carbocycles. The predicted molar refractivity (Wildman–Crippen MR) is 48.3 cm³/mol. The zero-order valence-corrected chi connectivity index (χ0v) is 7.90. The molecule has 0 radical (unpaired) electrons. The number of carbonyl (C=O) groups is 1. The van der Waals surface area contributed by atoms with Crippen LogP contribution in [0.2, 0.25) is 0 Å². The Bertz CT molecular complexity index is 331. The smallest absolute Gasteiger partial charge is 0.247 e. The average Bonchev–Trinajstić information content (AvgIpc) is 2.62. The first-order chi connectivity index (χ1) is 6.18. The standard InChI is InChI=1S/C9H13N3O/c1-7-3-6-12(10-7)8-4-5-11(2)9(8)13/h3,6,8H,4-5H2,1-2H3. The number of hydrogen-bond donors (Lipinski definition) is 0. The van der Waals surface area contributed by atoms with E-state index in [0.29, 0.717) is 0 Å². The van der Waals surface area contributed by atoms with Gasteiger partial charge in [0.15, 0.2) is 0 Å². The van der Waals surface area contributed by atoms with Crippen LogP contribution in [0, 0.1) is 6.92 Å². The van der Waals surface area contributed by atoms with Crippen molar-refractivity contribution in [2.24, 2.45) is 0 Å². The summed E-state index contributed by atoms with van der Waals surface area (Å²) in [5.74, 6) is 0.170. The van der Waals surface area contributed by atoms with Crippen molar-refractivity contribution in [3.63, 3.8) is 0 Å². The lowest BCUT2D eigenvalue weighted by Crippen LogP contribution is -2.24. The second kappa shape index (κ2) is 2.87. The minimum atomic E-state index is -0.0706. The van der Waals surface area contributed by atoms with Crippen LogP contribution in [0.25, 0.3) is 0 Å². The van der Waals surface area contributed by atoms with Gasteiger partial charge in [0, 0.05) is 19.8 Å². The highest BCUT2D eigenvalue weighted by molar-refractivity contribution is 5.82. The molecule has 0 N–H and O–H groups in total. The molecular formula is C9H13N3O. The maximum absolute atomic E-state index is 11.6. The second-order valence-corrected chi connectivity index (χ2v) is 3.50. The van der Waals surface area contributed by atoms with E-state index >= 15 is 0 Å². The predicted octanol–water partition coefficient (Wildman–Crippen LogP) is 0.595. The first-order valence-electron chi connectivity index (χ1n) is 4.45. The molecular weight excluding hydrogens is 166 g/mol. The van der Waals surface area contributed by atoms with Crippen LogP contribution in [0.5, 0.6) is 0 Å². The van der Waals surface area contributed by atoms with Gasteiger partial charge in [-0.1, -0.05) is 0 Å². The Morgan fingerprint density at radius 2 is 2.38 bits per heavy atom. The van der Waals surface area contributed by atoms with Gasteiger partial charge in [0.1, 0.15) is 6.04 Å². The van der Waals surface area contributed by atoms with Gasteiger partial charge in [-0.05, 0) is 19.4 Å². The van der Waals surface area contributed by atoms with Gasteiger partial charge < -0.3 is 4.90 Å². The normalized spacial score (nSPS) is 22.8. The molecule has 1 saturated heterocycles. The summed E-state index contributed by atoms with van der Waals surface area (Å²) in [5.41, 5.74) is 0.961. The van der Waals surface area contributed by atoms with Crippen LogP contribution in [0.4, 0.5) is 0 Å². The number of aromatic nitrogens is 2. The molecule has 1 amide bonds. The number of rotatable bonds is 1. The van der Waals surface area contributed by atoms with E-state index in [2.05, 4.69) is 5.10 Å². The largest absolute Gasteiger partial charge is 0.344 e. The Balaban J connectivity index is 2.23. The highest BCUT2D eigenvalue weighted by Gasteiger charge is 2.30. The molecule has 1 aliphatic heterocycles. The minimum Gasteiger partial charge on any atom is -0.344 e. The Hall–Kier alpha value is -1.32. The topological polar surface area (TPSA) is 38.1 Å². The maximum Gasteiger partial charge on any atom is 0.247 e. The van der Waals surface area contributed by atoms with Crippen molar-refractivity contribution in [3.8, 4) is 0 Å². The molecule has 1 aromatic heterocycles. The second-order valence-electron chi connectivity index (χ2n) is 3.50. The zero-order valence-electron chi connectivity index (χ0n) is 7.90. The Morgan fingerprint density at radius 1 is 1.62 bits per heavy atom. The van der Waals surface area contributed by atoms with Gasteiger partial charge in [0.25, 0.3) is 0 Å². The number of likely N-dealkylation sites (tertiary alicyclic amines) is 1. The molecule has 1 aliphatic rings. The van der Waals surface area contributed by atoms with E-state index in [-0.39, 0.29) is 11.9 Å². The molecule has 2 heterocycles. The van der Waals surface area contributed by atoms with E-state index in [4.69, 9.17) is 0 Å². The molecule has 1 fully saturated rings. The molecule has 70 valence electrons. The average molecular weight is 179 g/mol. The Kier molecular flexibility index (Phi) is 1.83. The zero-order chi connectivity index (χ0) is 9.42. The highest BCUT2D eigenvalue weighted by Crippen LogP contribution is 2.20. The SMILES string of the molecule is Cc1ccn(C2CCN(C)C2=O)n1. The van der Waals surface area contributed by atoms with Crippen LogP contribution in [0.1, 0.15) is 18.2 Å². The molecule has 1 atom stereocenters. The molecule has 4 heteroatoms. The van der Waals surface area contributed by atoms with Gasteiger partial charge in [-0.3, -0.25) is 9.48 Å². The van der Waals surface area contributed by atoms with Crippen LogP contribution in [-0.4, -0.2) is 34.2 Å².